The number of hydrogen-bond acceptors (Lipinski definition) is 3. The number of hydrogen-bond donors (Lipinski definition) is 3. The van der Waals surface area contributed by atoms with Crippen LogP contribution in [-0.2, 0) is 11.3 Å². The minimum atomic E-state index is 0.131. The summed E-state index contributed by atoms with van der Waals surface area (Å²) in [6.45, 7) is 4.47. The van der Waals surface area contributed by atoms with E-state index in [-0.39, 0.29) is 11.8 Å². The molecule has 0 unspecified atom stereocenters. The summed E-state index contributed by atoms with van der Waals surface area (Å²) < 4.78 is 0. The lowest BCUT2D eigenvalue weighted by molar-refractivity contribution is -0.125. The predicted octanol–water partition coefficient (Wildman–Crippen LogP) is 1.88. The summed E-state index contributed by atoms with van der Waals surface area (Å²) in [4.78, 5) is 20.1. The molecule has 1 aromatic carbocycles. The molecule has 1 aromatic heterocycles. The van der Waals surface area contributed by atoms with Crippen LogP contribution >= 0.6 is 0 Å². The summed E-state index contributed by atoms with van der Waals surface area (Å²) in [5, 5.41) is 6.35. The van der Waals surface area contributed by atoms with E-state index in [1.165, 1.54) is 0 Å². The molecule has 0 aliphatic carbocycles. The summed E-state index contributed by atoms with van der Waals surface area (Å²) in [6.07, 6.45) is 2.96. The fourth-order valence-corrected chi connectivity index (χ4v) is 2.91. The molecule has 3 rings (SSSR count). The third kappa shape index (κ3) is 3.24. The van der Waals surface area contributed by atoms with Crippen LogP contribution < -0.4 is 10.6 Å². The van der Waals surface area contributed by atoms with Gasteiger partial charge in [0.05, 0.1) is 17.6 Å². The van der Waals surface area contributed by atoms with Crippen molar-refractivity contribution < 1.29 is 4.79 Å². The van der Waals surface area contributed by atoms with Crippen molar-refractivity contribution in [1.29, 1.82) is 0 Å². The maximum atomic E-state index is 12.2. The molecule has 1 aliphatic rings. The van der Waals surface area contributed by atoms with E-state index in [4.69, 9.17) is 0 Å². The average Bonchev–Trinajstić information content (AvgIpc) is 2.71. The van der Waals surface area contributed by atoms with Crippen molar-refractivity contribution in [3.8, 4) is 0 Å². The number of nitrogens with zero attached hydrogens (tertiary/aromatic N) is 1. The van der Waals surface area contributed by atoms with Crippen molar-refractivity contribution in [2.75, 3.05) is 13.1 Å². The predicted molar refractivity (Wildman–Crippen MR) is 82.9 cm³/mol. The van der Waals surface area contributed by atoms with Gasteiger partial charge in [0.2, 0.25) is 5.91 Å². The average molecular weight is 286 g/mol. The Hall–Kier alpha value is -1.88. The van der Waals surface area contributed by atoms with Gasteiger partial charge in [0, 0.05) is 5.92 Å². The van der Waals surface area contributed by atoms with Crippen molar-refractivity contribution in [3.63, 3.8) is 0 Å². The Bertz CT molecular complexity index is 626. The molecule has 5 nitrogen and oxygen atoms in total. The second-order valence-electron chi connectivity index (χ2n) is 5.75. The van der Waals surface area contributed by atoms with Crippen molar-refractivity contribution >= 4 is 16.9 Å². The summed E-state index contributed by atoms with van der Waals surface area (Å²) in [6, 6.07) is 6.07. The van der Waals surface area contributed by atoms with Gasteiger partial charge >= 0.3 is 0 Å². The lowest BCUT2D eigenvalue weighted by atomic mass is 10.00. The van der Waals surface area contributed by atoms with Gasteiger partial charge in [0.1, 0.15) is 5.82 Å². The number of carbonyl (C=O) groups is 1. The van der Waals surface area contributed by atoms with E-state index >= 15 is 0 Å². The SMILES string of the molecule is Cc1cccc2[nH]c(CNC(=O)[C@@H]3CCCNCC3)nc12. The Morgan fingerprint density at radius 2 is 2.29 bits per heavy atom. The molecule has 1 fully saturated rings. The first kappa shape index (κ1) is 14.1. The van der Waals surface area contributed by atoms with Crippen LogP contribution in [0.5, 0.6) is 0 Å². The van der Waals surface area contributed by atoms with Gasteiger partial charge in [-0.05, 0) is 50.9 Å². The molecule has 3 N–H and O–H groups in total. The number of aromatic nitrogens is 2. The number of aromatic amines is 1. The topological polar surface area (TPSA) is 69.8 Å². The summed E-state index contributed by atoms with van der Waals surface area (Å²) in [7, 11) is 0. The second-order valence-corrected chi connectivity index (χ2v) is 5.75. The molecule has 2 aromatic rings. The van der Waals surface area contributed by atoms with E-state index in [9.17, 15) is 4.79 Å². The standard InChI is InChI=1S/C16H22N4O/c1-11-4-2-6-13-15(11)20-14(19-13)10-18-16(21)12-5-3-8-17-9-7-12/h2,4,6,12,17H,3,5,7-10H2,1H3,(H,18,21)(H,19,20)/t12-/m1/s1. The number of aryl methyl sites for hydroxylation is 1. The van der Waals surface area contributed by atoms with Crippen LogP contribution in [0.1, 0.15) is 30.7 Å². The number of benzene rings is 1. The fraction of sp³-hybridized carbons (Fsp3) is 0.500. The Kier molecular flexibility index (Phi) is 4.20. The van der Waals surface area contributed by atoms with Gasteiger partial charge in [0.15, 0.2) is 0 Å². The normalized spacial score (nSPS) is 19.4. The summed E-state index contributed by atoms with van der Waals surface area (Å²) >= 11 is 0. The minimum absolute atomic E-state index is 0.131. The first-order chi connectivity index (χ1) is 10.2. The number of rotatable bonds is 3. The number of para-hydroxylation sites is 1. The van der Waals surface area contributed by atoms with Crippen LogP contribution in [0.15, 0.2) is 18.2 Å². The van der Waals surface area contributed by atoms with E-state index in [1.54, 1.807) is 0 Å². The van der Waals surface area contributed by atoms with Crippen LogP contribution in [0.4, 0.5) is 0 Å². The molecule has 1 saturated heterocycles. The van der Waals surface area contributed by atoms with Crippen molar-refractivity contribution in [2.45, 2.75) is 32.7 Å². The molecular weight excluding hydrogens is 264 g/mol. The van der Waals surface area contributed by atoms with Gasteiger partial charge in [-0.1, -0.05) is 12.1 Å². The largest absolute Gasteiger partial charge is 0.349 e. The van der Waals surface area contributed by atoms with Crippen LogP contribution in [-0.4, -0.2) is 29.0 Å². The zero-order valence-electron chi connectivity index (χ0n) is 12.4. The molecule has 0 radical (unpaired) electrons. The first-order valence-electron chi connectivity index (χ1n) is 7.66. The molecule has 112 valence electrons. The monoisotopic (exact) mass is 286 g/mol. The Morgan fingerprint density at radius 1 is 1.38 bits per heavy atom. The summed E-state index contributed by atoms with van der Waals surface area (Å²) in [5.41, 5.74) is 3.16. The molecule has 1 aliphatic heterocycles. The third-order valence-electron chi connectivity index (χ3n) is 4.14. The van der Waals surface area contributed by atoms with Gasteiger partial charge in [0.25, 0.3) is 0 Å². The molecule has 21 heavy (non-hydrogen) atoms. The minimum Gasteiger partial charge on any atom is -0.349 e. The zero-order chi connectivity index (χ0) is 14.7. The molecule has 0 spiro atoms. The van der Waals surface area contributed by atoms with Crippen LogP contribution in [0.25, 0.3) is 11.0 Å². The highest BCUT2D eigenvalue weighted by molar-refractivity contribution is 5.80. The van der Waals surface area contributed by atoms with Crippen LogP contribution in [0.3, 0.4) is 0 Å². The van der Waals surface area contributed by atoms with E-state index in [0.717, 1.165) is 54.8 Å². The van der Waals surface area contributed by atoms with Crippen molar-refractivity contribution in [3.05, 3.63) is 29.6 Å². The molecular formula is C16H22N4O. The Balaban J connectivity index is 1.63. The molecule has 2 heterocycles. The number of amides is 1. The number of nitrogens with one attached hydrogen (secondary N) is 3. The zero-order valence-corrected chi connectivity index (χ0v) is 12.4. The van der Waals surface area contributed by atoms with Crippen molar-refractivity contribution in [1.82, 2.24) is 20.6 Å². The maximum Gasteiger partial charge on any atom is 0.223 e. The molecule has 1 atom stereocenters. The number of imidazole rings is 1. The third-order valence-corrected chi connectivity index (χ3v) is 4.14. The molecule has 0 bridgehead atoms. The maximum absolute atomic E-state index is 12.2. The highest BCUT2D eigenvalue weighted by Crippen LogP contribution is 2.16. The highest BCUT2D eigenvalue weighted by Gasteiger charge is 2.19. The first-order valence-corrected chi connectivity index (χ1v) is 7.66. The lowest BCUT2D eigenvalue weighted by Crippen LogP contribution is -2.31. The molecule has 0 saturated carbocycles. The highest BCUT2D eigenvalue weighted by atomic mass is 16.1. The summed E-state index contributed by atoms with van der Waals surface area (Å²) in [5.74, 6) is 1.10. The van der Waals surface area contributed by atoms with E-state index in [0.29, 0.717) is 6.54 Å². The van der Waals surface area contributed by atoms with Crippen LogP contribution in [0.2, 0.25) is 0 Å². The Morgan fingerprint density at radius 3 is 3.14 bits per heavy atom. The van der Waals surface area contributed by atoms with E-state index < -0.39 is 0 Å². The van der Waals surface area contributed by atoms with Gasteiger partial charge in [-0.3, -0.25) is 4.79 Å². The van der Waals surface area contributed by atoms with Crippen LogP contribution in [0, 0.1) is 12.8 Å². The van der Waals surface area contributed by atoms with E-state index in [1.807, 2.05) is 25.1 Å². The van der Waals surface area contributed by atoms with Gasteiger partial charge in [-0.2, -0.15) is 0 Å². The van der Waals surface area contributed by atoms with Gasteiger partial charge < -0.3 is 15.6 Å². The lowest BCUT2D eigenvalue weighted by Gasteiger charge is -2.12. The number of carbonyl (C=O) groups excluding carboxylic acids is 1. The van der Waals surface area contributed by atoms with Crippen molar-refractivity contribution in [2.24, 2.45) is 5.92 Å². The molecule has 1 amide bonds. The van der Waals surface area contributed by atoms with Gasteiger partial charge in [-0.15, -0.1) is 0 Å². The number of fused-ring (bicyclic) bond motifs is 1. The quantitative estimate of drug-likeness (QED) is 0.807. The molecule has 5 heteroatoms. The second kappa shape index (κ2) is 6.26. The smallest absolute Gasteiger partial charge is 0.223 e. The number of H-pyrrole nitrogens is 1. The fourth-order valence-electron chi connectivity index (χ4n) is 2.91. The van der Waals surface area contributed by atoms with Gasteiger partial charge in [-0.25, -0.2) is 4.98 Å². The Labute approximate surface area is 124 Å². The van der Waals surface area contributed by atoms with E-state index in [2.05, 4.69) is 20.6 Å².